The van der Waals surface area contributed by atoms with Crippen molar-refractivity contribution in [3.8, 4) is 0 Å². The van der Waals surface area contributed by atoms with Crippen LogP contribution in [0.5, 0.6) is 0 Å². The van der Waals surface area contributed by atoms with Crippen LogP contribution in [0.4, 0.5) is 4.79 Å². The lowest BCUT2D eigenvalue weighted by Crippen LogP contribution is -2.50. The third-order valence-corrected chi connectivity index (χ3v) is 3.15. The maximum atomic E-state index is 12.0. The molecule has 0 aromatic heterocycles. The molecule has 2 aliphatic rings. The quantitative estimate of drug-likeness (QED) is 0.757. The summed E-state index contributed by atoms with van der Waals surface area (Å²) in [6.45, 7) is 4.25. The zero-order valence-electron chi connectivity index (χ0n) is 9.35. The topological polar surface area (TPSA) is 43.8 Å². The summed E-state index contributed by atoms with van der Waals surface area (Å²) in [4.78, 5) is 15.9. The van der Waals surface area contributed by atoms with E-state index in [1.165, 1.54) is 12.8 Å². The van der Waals surface area contributed by atoms with Crippen molar-refractivity contribution in [2.45, 2.75) is 44.8 Å². The molecule has 0 aromatic carbocycles. The predicted molar refractivity (Wildman–Crippen MR) is 57.6 cm³/mol. The van der Waals surface area contributed by atoms with Gasteiger partial charge in [0.2, 0.25) is 0 Å². The molecule has 2 amide bonds. The number of hydrogen-bond donors (Lipinski definition) is 1. The fourth-order valence-corrected chi connectivity index (χ4v) is 2.08. The summed E-state index contributed by atoms with van der Waals surface area (Å²) >= 11 is 0. The highest BCUT2D eigenvalue weighted by Gasteiger charge is 2.36. The van der Waals surface area contributed by atoms with Gasteiger partial charge in [0.25, 0.3) is 0 Å². The van der Waals surface area contributed by atoms with Gasteiger partial charge in [-0.25, -0.2) is 4.79 Å². The van der Waals surface area contributed by atoms with Crippen LogP contribution >= 0.6 is 0 Å². The standard InChI is InChI=1S/C11H20N2O2/c1-9(14)5-8-12-6-2-7-13(11(12)15)10-3-4-10/h9-10,14H,2-8H2,1H3. The molecule has 0 spiro atoms. The smallest absolute Gasteiger partial charge is 0.320 e. The minimum absolute atomic E-state index is 0.185. The molecule has 1 heterocycles. The second kappa shape index (κ2) is 4.39. The van der Waals surface area contributed by atoms with Crippen LogP contribution in [0.15, 0.2) is 0 Å². The Morgan fingerprint density at radius 1 is 1.47 bits per heavy atom. The molecule has 1 N–H and O–H groups in total. The lowest BCUT2D eigenvalue weighted by molar-refractivity contribution is 0.112. The van der Waals surface area contributed by atoms with Gasteiger partial charge in [-0.2, -0.15) is 0 Å². The number of aliphatic hydroxyl groups is 1. The molecule has 1 saturated carbocycles. The average molecular weight is 212 g/mol. The lowest BCUT2D eigenvalue weighted by atomic mass is 10.2. The van der Waals surface area contributed by atoms with Crippen LogP contribution in [-0.2, 0) is 0 Å². The zero-order valence-corrected chi connectivity index (χ0v) is 9.35. The number of carbonyl (C=O) groups is 1. The van der Waals surface area contributed by atoms with E-state index in [4.69, 9.17) is 0 Å². The Balaban J connectivity index is 1.85. The van der Waals surface area contributed by atoms with E-state index in [0.29, 0.717) is 19.0 Å². The summed E-state index contributed by atoms with van der Waals surface area (Å²) in [7, 11) is 0. The average Bonchev–Trinajstić information content (AvgIpc) is 2.99. The Morgan fingerprint density at radius 3 is 2.80 bits per heavy atom. The van der Waals surface area contributed by atoms with Gasteiger partial charge >= 0.3 is 6.03 Å². The highest BCUT2D eigenvalue weighted by molar-refractivity contribution is 5.75. The molecule has 2 fully saturated rings. The summed E-state index contributed by atoms with van der Waals surface area (Å²) in [5.41, 5.74) is 0. The van der Waals surface area contributed by atoms with Crippen molar-refractivity contribution < 1.29 is 9.90 Å². The first-order valence-electron chi connectivity index (χ1n) is 5.92. The first kappa shape index (κ1) is 10.7. The van der Waals surface area contributed by atoms with Crippen LogP contribution in [0.25, 0.3) is 0 Å². The van der Waals surface area contributed by atoms with E-state index in [1.807, 2.05) is 9.80 Å². The van der Waals surface area contributed by atoms with Gasteiger partial charge < -0.3 is 14.9 Å². The van der Waals surface area contributed by atoms with Gasteiger partial charge in [-0.3, -0.25) is 0 Å². The van der Waals surface area contributed by atoms with E-state index < -0.39 is 0 Å². The molecule has 0 aromatic rings. The molecule has 1 atom stereocenters. The van der Waals surface area contributed by atoms with Crippen LogP contribution in [0.1, 0.15) is 32.6 Å². The molecular formula is C11H20N2O2. The van der Waals surface area contributed by atoms with Crippen molar-refractivity contribution in [3.05, 3.63) is 0 Å². The Kier molecular flexibility index (Phi) is 3.14. The van der Waals surface area contributed by atoms with Gasteiger partial charge in [-0.15, -0.1) is 0 Å². The molecule has 1 saturated heterocycles. The van der Waals surface area contributed by atoms with Crippen LogP contribution in [0.2, 0.25) is 0 Å². The summed E-state index contributed by atoms with van der Waals surface area (Å²) in [5.74, 6) is 0. The first-order chi connectivity index (χ1) is 7.18. The maximum absolute atomic E-state index is 12.0. The van der Waals surface area contributed by atoms with E-state index in [-0.39, 0.29) is 12.1 Å². The monoisotopic (exact) mass is 212 g/mol. The van der Waals surface area contributed by atoms with Crippen LogP contribution in [-0.4, -0.2) is 52.7 Å². The van der Waals surface area contributed by atoms with Gasteiger partial charge in [0.05, 0.1) is 6.10 Å². The van der Waals surface area contributed by atoms with Crippen molar-refractivity contribution in [2.24, 2.45) is 0 Å². The second-order valence-corrected chi connectivity index (χ2v) is 4.69. The third-order valence-electron chi connectivity index (χ3n) is 3.15. The number of aliphatic hydroxyl groups excluding tert-OH is 1. The van der Waals surface area contributed by atoms with Gasteiger partial charge in [0.15, 0.2) is 0 Å². The normalized spacial score (nSPS) is 24.5. The number of hydrogen-bond acceptors (Lipinski definition) is 2. The highest BCUT2D eigenvalue weighted by atomic mass is 16.3. The van der Waals surface area contributed by atoms with Crippen molar-refractivity contribution in [1.29, 1.82) is 0 Å². The molecule has 0 radical (unpaired) electrons. The molecule has 0 bridgehead atoms. The van der Waals surface area contributed by atoms with Gasteiger partial charge in [-0.05, 0) is 32.6 Å². The summed E-state index contributed by atoms with van der Waals surface area (Å²) < 4.78 is 0. The van der Waals surface area contributed by atoms with Crippen molar-refractivity contribution >= 4 is 6.03 Å². The summed E-state index contributed by atoms with van der Waals surface area (Å²) in [5, 5.41) is 9.21. The highest BCUT2D eigenvalue weighted by Crippen LogP contribution is 2.29. The number of amides is 2. The SMILES string of the molecule is CC(O)CCN1CCCN(C2CC2)C1=O. The minimum atomic E-state index is -0.311. The van der Waals surface area contributed by atoms with Gasteiger partial charge in [0, 0.05) is 25.7 Å². The maximum Gasteiger partial charge on any atom is 0.320 e. The lowest BCUT2D eigenvalue weighted by Gasteiger charge is -2.36. The fourth-order valence-electron chi connectivity index (χ4n) is 2.08. The second-order valence-electron chi connectivity index (χ2n) is 4.69. The first-order valence-corrected chi connectivity index (χ1v) is 5.92. The van der Waals surface area contributed by atoms with E-state index in [9.17, 15) is 9.90 Å². The zero-order chi connectivity index (χ0) is 10.8. The van der Waals surface area contributed by atoms with E-state index in [1.54, 1.807) is 6.92 Å². The molecular weight excluding hydrogens is 192 g/mol. The number of carbonyl (C=O) groups excluding carboxylic acids is 1. The Bertz CT molecular complexity index is 239. The molecule has 4 nitrogen and oxygen atoms in total. The molecule has 1 aliphatic carbocycles. The molecule has 1 aliphatic heterocycles. The molecule has 86 valence electrons. The fraction of sp³-hybridized carbons (Fsp3) is 0.909. The molecule has 1 unspecified atom stereocenters. The van der Waals surface area contributed by atoms with Crippen LogP contribution < -0.4 is 0 Å². The van der Waals surface area contributed by atoms with E-state index in [2.05, 4.69) is 0 Å². The summed E-state index contributed by atoms with van der Waals surface area (Å²) in [6.07, 6.45) is 3.80. The van der Waals surface area contributed by atoms with Crippen molar-refractivity contribution in [1.82, 2.24) is 9.80 Å². The molecule has 2 rings (SSSR count). The molecule has 4 heteroatoms. The Labute approximate surface area is 90.9 Å². The largest absolute Gasteiger partial charge is 0.393 e. The van der Waals surface area contributed by atoms with Gasteiger partial charge in [0.1, 0.15) is 0 Å². The number of urea groups is 1. The summed E-state index contributed by atoms with van der Waals surface area (Å²) in [6, 6.07) is 0.705. The van der Waals surface area contributed by atoms with Crippen molar-refractivity contribution in [3.63, 3.8) is 0 Å². The van der Waals surface area contributed by atoms with Crippen molar-refractivity contribution in [2.75, 3.05) is 19.6 Å². The number of nitrogens with zero attached hydrogens (tertiary/aromatic N) is 2. The molecule has 15 heavy (non-hydrogen) atoms. The Morgan fingerprint density at radius 2 is 2.20 bits per heavy atom. The number of rotatable bonds is 4. The minimum Gasteiger partial charge on any atom is -0.393 e. The van der Waals surface area contributed by atoms with E-state index in [0.717, 1.165) is 19.5 Å². The third kappa shape index (κ3) is 2.62. The predicted octanol–water partition coefficient (Wildman–Crippen LogP) is 1.05. The van der Waals surface area contributed by atoms with Gasteiger partial charge in [-0.1, -0.05) is 0 Å². The van der Waals surface area contributed by atoms with Crippen LogP contribution in [0, 0.1) is 0 Å². The van der Waals surface area contributed by atoms with E-state index >= 15 is 0 Å². The Hall–Kier alpha value is -0.770. The van der Waals surface area contributed by atoms with Crippen LogP contribution in [0.3, 0.4) is 0 Å².